The number of amides is 1. The van der Waals surface area contributed by atoms with Crippen LogP contribution in [-0.4, -0.2) is 56.8 Å². The maximum absolute atomic E-state index is 11.9. The van der Waals surface area contributed by atoms with Crippen molar-refractivity contribution in [1.29, 1.82) is 0 Å². The molecule has 0 aromatic heterocycles. The van der Waals surface area contributed by atoms with Gasteiger partial charge in [-0.3, -0.25) is 4.79 Å². The van der Waals surface area contributed by atoms with Crippen LogP contribution in [0.2, 0.25) is 0 Å². The lowest BCUT2D eigenvalue weighted by atomic mass is 10.2. The van der Waals surface area contributed by atoms with Crippen LogP contribution in [0.4, 0.5) is 0 Å². The molecule has 2 rings (SSSR count). The molecule has 1 amide bonds. The van der Waals surface area contributed by atoms with Gasteiger partial charge in [-0.15, -0.1) is 0 Å². The van der Waals surface area contributed by atoms with Crippen molar-refractivity contribution in [3.05, 3.63) is 29.8 Å². The van der Waals surface area contributed by atoms with Crippen LogP contribution in [0, 0.1) is 0 Å². The second-order valence-corrected chi connectivity index (χ2v) is 4.30. The van der Waals surface area contributed by atoms with Gasteiger partial charge >= 0.3 is 5.97 Å². The van der Waals surface area contributed by atoms with Gasteiger partial charge in [0.15, 0.2) is 6.61 Å². The van der Waals surface area contributed by atoms with Crippen molar-refractivity contribution in [2.75, 3.05) is 40.0 Å². The van der Waals surface area contributed by atoms with E-state index in [1.165, 1.54) is 7.11 Å². The van der Waals surface area contributed by atoms with Gasteiger partial charge in [0, 0.05) is 13.1 Å². The Bertz CT molecular complexity index is 465. The van der Waals surface area contributed by atoms with Gasteiger partial charge in [-0.25, -0.2) is 4.79 Å². The van der Waals surface area contributed by atoms with Crippen LogP contribution >= 0.6 is 0 Å². The molecule has 108 valence electrons. The average Bonchev–Trinajstić information content (AvgIpc) is 2.53. The third-order valence-corrected chi connectivity index (χ3v) is 3.00. The third-order valence-electron chi connectivity index (χ3n) is 3.00. The largest absolute Gasteiger partial charge is 0.484 e. The number of rotatable bonds is 4. The van der Waals surface area contributed by atoms with E-state index >= 15 is 0 Å². The summed E-state index contributed by atoms with van der Waals surface area (Å²) in [5, 5.41) is 0. The topological polar surface area (TPSA) is 65.1 Å². The van der Waals surface area contributed by atoms with E-state index in [1.807, 2.05) is 0 Å². The second kappa shape index (κ2) is 6.91. The van der Waals surface area contributed by atoms with Crippen LogP contribution in [0.3, 0.4) is 0 Å². The van der Waals surface area contributed by atoms with E-state index in [0.29, 0.717) is 37.6 Å². The quantitative estimate of drug-likeness (QED) is 0.759. The molecule has 1 heterocycles. The molecule has 0 N–H and O–H groups in total. The van der Waals surface area contributed by atoms with Crippen LogP contribution in [-0.2, 0) is 14.3 Å². The minimum atomic E-state index is -0.402. The highest BCUT2D eigenvalue weighted by Gasteiger charge is 2.17. The van der Waals surface area contributed by atoms with Crippen LogP contribution in [0.15, 0.2) is 24.3 Å². The van der Waals surface area contributed by atoms with Gasteiger partial charge in [0.2, 0.25) is 0 Å². The summed E-state index contributed by atoms with van der Waals surface area (Å²) in [6, 6.07) is 6.47. The normalized spacial score (nSPS) is 14.8. The Balaban J connectivity index is 1.84. The molecule has 0 spiro atoms. The van der Waals surface area contributed by atoms with Crippen LogP contribution in [0.5, 0.6) is 5.75 Å². The molecule has 0 unspecified atom stereocenters. The highest BCUT2D eigenvalue weighted by molar-refractivity contribution is 5.89. The first-order valence-corrected chi connectivity index (χ1v) is 6.37. The van der Waals surface area contributed by atoms with Crippen molar-refractivity contribution in [3.8, 4) is 5.75 Å². The number of carbonyl (C=O) groups is 2. The smallest absolute Gasteiger partial charge is 0.337 e. The van der Waals surface area contributed by atoms with E-state index in [1.54, 1.807) is 29.2 Å². The minimum Gasteiger partial charge on any atom is -0.484 e. The van der Waals surface area contributed by atoms with Gasteiger partial charge in [0.25, 0.3) is 5.91 Å². The summed E-state index contributed by atoms with van der Waals surface area (Å²) in [5.74, 6) is 0.0746. The molecule has 0 radical (unpaired) electrons. The van der Waals surface area contributed by atoms with Gasteiger partial charge in [-0.1, -0.05) is 0 Å². The summed E-state index contributed by atoms with van der Waals surface area (Å²) in [5.41, 5.74) is 0.444. The van der Waals surface area contributed by atoms with Crippen molar-refractivity contribution in [1.82, 2.24) is 4.90 Å². The summed E-state index contributed by atoms with van der Waals surface area (Å²) in [7, 11) is 1.33. The zero-order valence-corrected chi connectivity index (χ0v) is 11.3. The van der Waals surface area contributed by atoms with E-state index in [0.717, 1.165) is 0 Å². The summed E-state index contributed by atoms with van der Waals surface area (Å²) in [4.78, 5) is 24.8. The summed E-state index contributed by atoms with van der Waals surface area (Å²) < 4.78 is 15.2. The maximum Gasteiger partial charge on any atom is 0.337 e. The number of esters is 1. The van der Waals surface area contributed by atoms with E-state index in [2.05, 4.69) is 4.74 Å². The van der Waals surface area contributed by atoms with Crippen molar-refractivity contribution in [2.45, 2.75) is 0 Å². The number of nitrogens with zero attached hydrogens (tertiary/aromatic N) is 1. The SMILES string of the molecule is COC(=O)c1ccc(OCC(=O)N2CCOCC2)cc1. The summed E-state index contributed by atoms with van der Waals surface area (Å²) in [6.07, 6.45) is 0. The molecule has 0 aliphatic carbocycles. The Kier molecular flexibility index (Phi) is 4.95. The first-order valence-electron chi connectivity index (χ1n) is 6.37. The fourth-order valence-corrected chi connectivity index (χ4v) is 1.85. The molecule has 1 aromatic rings. The average molecular weight is 279 g/mol. The standard InChI is InChI=1S/C14H17NO5/c1-18-14(17)11-2-4-12(5-3-11)20-10-13(16)15-6-8-19-9-7-15/h2-5H,6-10H2,1H3. The molecule has 20 heavy (non-hydrogen) atoms. The van der Waals surface area contributed by atoms with Gasteiger partial charge in [-0.2, -0.15) is 0 Å². The van der Waals surface area contributed by atoms with E-state index in [4.69, 9.17) is 9.47 Å². The lowest BCUT2D eigenvalue weighted by Gasteiger charge is -2.26. The van der Waals surface area contributed by atoms with Gasteiger partial charge < -0.3 is 19.1 Å². The number of methoxy groups -OCH3 is 1. The predicted octanol–water partition coefficient (Wildman–Crippen LogP) is 0.711. The number of morpholine rings is 1. The zero-order chi connectivity index (χ0) is 14.4. The Morgan fingerprint density at radius 2 is 1.85 bits per heavy atom. The molecule has 1 aliphatic rings. The van der Waals surface area contributed by atoms with Gasteiger partial charge in [0.1, 0.15) is 5.75 Å². The maximum atomic E-state index is 11.9. The van der Waals surface area contributed by atoms with Crippen LogP contribution < -0.4 is 4.74 Å². The number of ether oxygens (including phenoxy) is 3. The molecule has 1 fully saturated rings. The molecule has 1 saturated heterocycles. The fourth-order valence-electron chi connectivity index (χ4n) is 1.85. The molecule has 1 aliphatic heterocycles. The number of benzene rings is 1. The minimum absolute atomic E-state index is 0.0163. The molecule has 0 saturated carbocycles. The number of hydrogen-bond acceptors (Lipinski definition) is 5. The Hall–Kier alpha value is -2.08. The molecular weight excluding hydrogens is 262 g/mol. The highest BCUT2D eigenvalue weighted by atomic mass is 16.5. The van der Waals surface area contributed by atoms with Crippen molar-refractivity contribution < 1.29 is 23.8 Å². The summed E-state index contributed by atoms with van der Waals surface area (Å²) >= 11 is 0. The Labute approximate surface area is 117 Å². The number of hydrogen-bond donors (Lipinski definition) is 0. The summed E-state index contributed by atoms with van der Waals surface area (Å²) in [6.45, 7) is 2.32. The van der Waals surface area contributed by atoms with E-state index in [-0.39, 0.29) is 12.5 Å². The second-order valence-electron chi connectivity index (χ2n) is 4.30. The molecule has 6 nitrogen and oxygen atoms in total. The van der Waals surface area contributed by atoms with Gasteiger partial charge in [0.05, 0.1) is 25.9 Å². The van der Waals surface area contributed by atoms with E-state index in [9.17, 15) is 9.59 Å². The zero-order valence-electron chi connectivity index (χ0n) is 11.3. The fraction of sp³-hybridized carbons (Fsp3) is 0.429. The van der Waals surface area contributed by atoms with Gasteiger partial charge in [-0.05, 0) is 24.3 Å². The monoisotopic (exact) mass is 279 g/mol. The van der Waals surface area contributed by atoms with Crippen LogP contribution in [0.1, 0.15) is 10.4 Å². The molecule has 6 heteroatoms. The first kappa shape index (κ1) is 14.3. The Morgan fingerprint density at radius 1 is 1.20 bits per heavy atom. The third kappa shape index (κ3) is 3.71. The Morgan fingerprint density at radius 3 is 2.45 bits per heavy atom. The first-order chi connectivity index (χ1) is 9.70. The lowest BCUT2D eigenvalue weighted by molar-refractivity contribution is -0.137. The molecule has 0 atom stereocenters. The molecular formula is C14H17NO5. The number of carbonyl (C=O) groups excluding carboxylic acids is 2. The highest BCUT2D eigenvalue weighted by Crippen LogP contribution is 2.13. The predicted molar refractivity (Wildman–Crippen MR) is 70.7 cm³/mol. The molecule has 1 aromatic carbocycles. The molecule has 0 bridgehead atoms. The van der Waals surface area contributed by atoms with Crippen molar-refractivity contribution in [2.24, 2.45) is 0 Å². The van der Waals surface area contributed by atoms with Crippen molar-refractivity contribution >= 4 is 11.9 Å². The van der Waals surface area contributed by atoms with Crippen molar-refractivity contribution in [3.63, 3.8) is 0 Å². The van der Waals surface area contributed by atoms with Crippen LogP contribution in [0.25, 0.3) is 0 Å². The van der Waals surface area contributed by atoms with E-state index < -0.39 is 5.97 Å². The lowest BCUT2D eigenvalue weighted by Crippen LogP contribution is -2.42.